The zero-order valence-electron chi connectivity index (χ0n) is 14.4. The van der Waals surface area contributed by atoms with Crippen molar-refractivity contribution in [2.45, 2.75) is 32.2 Å². The minimum Gasteiger partial charge on any atom is -0.454 e. The van der Waals surface area contributed by atoms with Gasteiger partial charge in [-0.05, 0) is 50.8 Å². The Morgan fingerprint density at radius 3 is 2.48 bits per heavy atom. The molecule has 7 heteroatoms. The summed E-state index contributed by atoms with van der Waals surface area (Å²) in [5.41, 5.74) is 6.17. The standard InChI is InChI=1S/C18H25N3O4/c1-13(17(23)25-12-16(22)20-18(19)24)21-9-7-15(8-10-21)11-14-5-3-2-4-6-14/h2-6,13,15H,7-12H2,1H3,(H3,19,20,22,24). The summed E-state index contributed by atoms with van der Waals surface area (Å²) in [6, 6.07) is 9.03. The first kappa shape index (κ1) is 18.9. The first-order chi connectivity index (χ1) is 12.0. The topological polar surface area (TPSA) is 102 Å². The molecule has 1 fully saturated rings. The highest BCUT2D eigenvalue weighted by atomic mass is 16.5. The smallest absolute Gasteiger partial charge is 0.323 e. The lowest BCUT2D eigenvalue weighted by molar-refractivity contribution is -0.153. The zero-order chi connectivity index (χ0) is 18.2. The van der Waals surface area contributed by atoms with E-state index in [0.29, 0.717) is 5.92 Å². The number of nitrogens with one attached hydrogen (secondary N) is 1. The Labute approximate surface area is 147 Å². The lowest BCUT2D eigenvalue weighted by Gasteiger charge is -2.35. The number of nitrogens with two attached hydrogens (primary N) is 1. The number of carbonyl (C=O) groups is 3. The van der Waals surface area contributed by atoms with Crippen molar-refractivity contribution in [1.82, 2.24) is 10.2 Å². The lowest BCUT2D eigenvalue weighted by Crippen LogP contribution is -2.46. The SMILES string of the molecule is CC(C(=O)OCC(=O)NC(N)=O)N1CCC(Cc2ccccc2)CC1. The van der Waals surface area contributed by atoms with Crippen LogP contribution in [-0.4, -0.2) is 48.5 Å². The Balaban J connectivity index is 1.72. The average Bonchev–Trinajstić information content (AvgIpc) is 2.60. The van der Waals surface area contributed by atoms with Crippen molar-refractivity contribution >= 4 is 17.9 Å². The normalized spacial score (nSPS) is 16.8. The van der Waals surface area contributed by atoms with Gasteiger partial charge in [0.05, 0.1) is 0 Å². The number of esters is 1. The Morgan fingerprint density at radius 1 is 1.24 bits per heavy atom. The third kappa shape index (κ3) is 6.19. The fourth-order valence-electron chi connectivity index (χ4n) is 3.07. The molecule has 0 bridgehead atoms. The second kappa shape index (κ2) is 9.17. The number of rotatable bonds is 6. The Kier molecular flexibility index (Phi) is 6.94. The predicted octanol–water partition coefficient (Wildman–Crippen LogP) is 1.07. The van der Waals surface area contributed by atoms with Crippen molar-refractivity contribution < 1.29 is 19.1 Å². The van der Waals surface area contributed by atoms with E-state index in [4.69, 9.17) is 10.5 Å². The summed E-state index contributed by atoms with van der Waals surface area (Å²) in [7, 11) is 0. The van der Waals surface area contributed by atoms with Gasteiger partial charge in [-0.1, -0.05) is 30.3 Å². The minimum absolute atomic E-state index is 0.418. The fourth-order valence-corrected chi connectivity index (χ4v) is 3.07. The van der Waals surface area contributed by atoms with Crippen LogP contribution in [0, 0.1) is 5.92 Å². The van der Waals surface area contributed by atoms with Crippen LogP contribution >= 0.6 is 0 Å². The van der Waals surface area contributed by atoms with Gasteiger partial charge in [-0.15, -0.1) is 0 Å². The number of urea groups is 1. The van der Waals surface area contributed by atoms with Crippen LogP contribution < -0.4 is 11.1 Å². The second-order valence-corrected chi connectivity index (χ2v) is 6.37. The number of carbonyl (C=O) groups excluding carboxylic acids is 3. The number of benzene rings is 1. The molecule has 1 unspecified atom stereocenters. The first-order valence-corrected chi connectivity index (χ1v) is 8.49. The molecule has 1 aliphatic heterocycles. The maximum absolute atomic E-state index is 12.0. The number of hydrogen-bond acceptors (Lipinski definition) is 5. The van der Waals surface area contributed by atoms with Gasteiger partial charge in [-0.2, -0.15) is 0 Å². The van der Waals surface area contributed by atoms with E-state index in [9.17, 15) is 14.4 Å². The van der Waals surface area contributed by atoms with Crippen molar-refractivity contribution in [3.63, 3.8) is 0 Å². The first-order valence-electron chi connectivity index (χ1n) is 8.49. The number of piperidine rings is 1. The van der Waals surface area contributed by atoms with Gasteiger partial charge in [0.25, 0.3) is 5.91 Å². The molecule has 1 heterocycles. The van der Waals surface area contributed by atoms with Gasteiger partial charge in [-0.25, -0.2) is 4.79 Å². The molecule has 136 valence electrons. The number of likely N-dealkylation sites (tertiary alicyclic amines) is 1. The molecule has 1 atom stereocenters. The summed E-state index contributed by atoms with van der Waals surface area (Å²) in [6.07, 6.45) is 3.10. The Bertz CT molecular complexity index is 598. The highest BCUT2D eigenvalue weighted by molar-refractivity contribution is 5.94. The highest BCUT2D eigenvalue weighted by Gasteiger charge is 2.28. The van der Waals surface area contributed by atoms with Crippen molar-refractivity contribution in [1.29, 1.82) is 0 Å². The van der Waals surface area contributed by atoms with Gasteiger partial charge in [-0.3, -0.25) is 19.8 Å². The molecule has 0 aliphatic carbocycles. The van der Waals surface area contributed by atoms with Crippen molar-refractivity contribution in [3.8, 4) is 0 Å². The molecule has 1 aromatic carbocycles. The maximum Gasteiger partial charge on any atom is 0.323 e. The van der Waals surface area contributed by atoms with Crippen LogP contribution in [-0.2, 0) is 20.7 Å². The van der Waals surface area contributed by atoms with E-state index >= 15 is 0 Å². The van der Waals surface area contributed by atoms with Crippen LogP contribution in [0.15, 0.2) is 30.3 Å². The van der Waals surface area contributed by atoms with Gasteiger partial charge in [0.15, 0.2) is 6.61 Å². The molecule has 1 aromatic rings. The van der Waals surface area contributed by atoms with Gasteiger partial charge >= 0.3 is 12.0 Å². The van der Waals surface area contributed by atoms with Crippen LogP contribution in [0.5, 0.6) is 0 Å². The number of ether oxygens (including phenoxy) is 1. The lowest BCUT2D eigenvalue weighted by atomic mass is 9.89. The van der Waals surface area contributed by atoms with Crippen molar-refractivity contribution in [3.05, 3.63) is 35.9 Å². The molecule has 1 aliphatic rings. The molecule has 0 radical (unpaired) electrons. The van der Waals surface area contributed by atoms with E-state index in [1.807, 2.05) is 11.4 Å². The van der Waals surface area contributed by atoms with Crippen LogP contribution in [0.1, 0.15) is 25.3 Å². The van der Waals surface area contributed by atoms with E-state index in [-0.39, 0.29) is 0 Å². The van der Waals surface area contributed by atoms with E-state index in [1.165, 1.54) is 5.56 Å². The summed E-state index contributed by atoms with van der Waals surface area (Å²) in [5, 5.41) is 1.85. The third-order valence-electron chi connectivity index (χ3n) is 4.51. The van der Waals surface area contributed by atoms with E-state index < -0.39 is 30.6 Å². The number of nitrogens with zero attached hydrogens (tertiary/aromatic N) is 1. The van der Waals surface area contributed by atoms with Crippen LogP contribution in [0.25, 0.3) is 0 Å². The van der Waals surface area contributed by atoms with Gasteiger partial charge < -0.3 is 10.5 Å². The summed E-state index contributed by atoms with van der Waals surface area (Å²) in [4.78, 5) is 35.9. The second-order valence-electron chi connectivity index (χ2n) is 6.37. The van der Waals surface area contributed by atoms with Gasteiger partial charge in [0, 0.05) is 0 Å². The largest absolute Gasteiger partial charge is 0.454 e. The van der Waals surface area contributed by atoms with E-state index in [1.54, 1.807) is 6.92 Å². The van der Waals surface area contributed by atoms with E-state index in [2.05, 4.69) is 29.2 Å². The third-order valence-corrected chi connectivity index (χ3v) is 4.51. The van der Waals surface area contributed by atoms with Gasteiger partial charge in [0.1, 0.15) is 6.04 Å². The van der Waals surface area contributed by atoms with Crippen LogP contribution in [0.4, 0.5) is 4.79 Å². The molecule has 1 saturated heterocycles. The number of hydrogen-bond donors (Lipinski definition) is 2. The number of primary amides is 1. The van der Waals surface area contributed by atoms with E-state index in [0.717, 1.165) is 32.4 Å². The molecule has 25 heavy (non-hydrogen) atoms. The Morgan fingerprint density at radius 2 is 1.88 bits per heavy atom. The zero-order valence-corrected chi connectivity index (χ0v) is 14.4. The molecule has 3 amide bonds. The van der Waals surface area contributed by atoms with Crippen LogP contribution in [0.2, 0.25) is 0 Å². The Hall–Kier alpha value is -2.41. The summed E-state index contributed by atoms with van der Waals surface area (Å²) < 4.78 is 4.94. The molecular weight excluding hydrogens is 322 g/mol. The molecule has 0 spiro atoms. The van der Waals surface area contributed by atoms with Crippen molar-refractivity contribution in [2.75, 3.05) is 19.7 Å². The summed E-state index contributed by atoms with van der Waals surface area (Å²) in [6.45, 7) is 2.91. The highest BCUT2D eigenvalue weighted by Crippen LogP contribution is 2.23. The van der Waals surface area contributed by atoms with Gasteiger partial charge in [0.2, 0.25) is 0 Å². The maximum atomic E-state index is 12.0. The molecule has 7 nitrogen and oxygen atoms in total. The molecule has 3 N–H and O–H groups in total. The quantitative estimate of drug-likeness (QED) is 0.750. The number of imide groups is 1. The van der Waals surface area contributed by atoms with Crippen molar-refractivity contribution in [2.24, 2.45) is 11.7 Å². The summed E-state index contributed by atoms with van der Waals surface area (Å²) >= 11 is 0. The molecule has 2 rings (SSSR count). The molecular formula is C18H25N3O4. The fraction of sp³-hybridized carbons (Fsp3) is 0.500. The summed E-state index contributed by atoms with van der Waals surface area (Å²) in [5.74, 6) is -0.584. The van der Waals surface area contributed by atoms with Crippen LogP contribution in [0.3, 0.4) is 0 Å². The monoisotopic (exact) mass is 347 g/mol. The average molecular weight is 347 g/mol. The predicted molar refractivity (Wildman–Crippen MR) is 92.6 cm³/mol. The molecule has 0 saturated carbocycles. The molecule has 0 aromatic heterocycles. The number of amides is 3. The minimum atomic E-state index is -0.963.